The van der Waals surface area contributed by atoms with E-state index in [0.29, 0.717) is 17.7 Å². The van der Waals surface area contributed by atoms with E-state index in [0.717, 1.165) is 42.6 Å². The maximum Gasteiger partial charge on any atom is 0.226 e. The highest BCUT2D eigenvalue weighted by atomic mass is 127. The second-order valence-electron chi connectivity index (χ2n) is 6.03. The Labute approximate surface area is 177 Å². The zero-order chi connectivity index (χ0) is 17.5. The number of oxazole rings is 1. The molecule has 26 heavy (non-hydrogen) atoms. The molecule has 1 aliphatic heterocycles. The molecule has 0 saturated carbocycles. The average molecular weight is 486 g/mol. The van der Waals surface area contributed by atoms with Crippen LogP contribution < -0.4 is 5.32 Å². The van der Waals surface area contributed by atoms with Gasteiger partial charge in [0.05, 0.1) is 6.54 Å². The van der Waals surface area contributed by atoms with Crippen molar-refractivity contribution >= 4 is 41.7 Å². The van der Waals surface area contributed by atoms with Gasteiger partial charge in [-0.3, -0.25) is 0 Å². The minimum absolute atomic E-state index is 0. The van der Waals surface area contributed by atoms with E-state index >= 15 is 0 Å². The molecule has 0 spiro atoms. The Bertz CT molecular complexity index is 692. The van der Waals surface area contributed by atoms with Crippen molar-refractivity contribution in [1.29, 1.82) is 0 Å². The third-order valence-electron chi connectivity index (χ3n) is 4.19. The molecule has 1 fully saturated rings. The van der Waals surface area contributed by atoms with Crippen molar-refractivity contribution in [1.82, 2.24) is 15.2 Å². The van der Waals surface area contributed by atoms with Crippen LogP contribution in [0.4, 0.5) is 0 Å². The summed E-state index contributed by atoms with van der Waals surface area (Å²) in [5.41, 5.74) is 1.84. The Hall–Kier alpha value is -1.22. The van der Waals surface area contributed by atoms with E-state index < -0.39 is 0 Å². The Morgan fingerprint density at radius 1 is 1.35 bits per heavy atom. The van der Waals surface area contributed by atoms with Crippen molar-refractivity contribution in [3.05, 3.63) is 42.3 Å². The van der Waals surface area contributed by atoms with Gasteiger partial charge in [-0.25, -0.2) is 9.98 Å². The van der Waals surface area contributed by atoms with Gasteiger partial charge in [0.1, 0.15) is 12.0 Å². The largest absolute Gasteiger partial charge is 0.444 e. The van der Waals surface area contributed by atoms with Crippen LogP contribution in [-0.2, 0) is 6.54 Å². The van der Waals surface area contributed by atoms with Crippen LogP contribution in [-0.4, -0.2) is 46.5 Å². The molecule has 1 saturated heterocycles. The van der Waals surface area contributed by atoms with Crippen molar-refractivity contribution in [3.8, 4) is 11.5 Å². The van der Waals surface area contributed by atoms with E-state index in [1.54, 1.807) is 6.26 Å². The van der Waals surface area contributed by atoms with E-state index in [1.165, 1.54) is 6.42 Å². The molecule has 1 aromatic carbocycles. The first-order valence-corrected chi connectivity index (χ1v) is 9.99. The Morgan fingerprint density at radius 2 is 2.15 bits per heavy atom. The highest BCUT2D eigenvalue weighted by Crippen LogP contribution is 2.21. The van der Waals surface area contributed by atoms with Gasteiger partial charge in [0.2, 0.25) is 5.89 Å². The summed E-state index contributed by atoms with van der Waals surface area (Å²) in [4.78, 5) is 11.7. The van der Waals surface area contributed by atoms with Gasteiger partial charge in [-0.15, -0.1) is 24.0 Å². The summed E-state index contributed by atoms with van der Waals surface area (Å²) < 4.78 is 5.61. The van der Waals surface area contributed by atoms with Crippen LogP contribution >= 0.6 is 35.7 Å². The molecule has 2 aromatic rings. The summed E-state index contributed by atoms with van der Waals surface area (Å²) >= 11 is 2.07. The minimum Gasteiger partial charge on any atom is -0.444 e. The molecule has 1 unspecified atom stereocenters. The number of aliphatic imine (C=N–C) groups is 1. The topological polar surface area (TPSA) is 53.7 Å². The maximum absolute atomic E-state index is 5.61. The lowest BCUT2D eigenvalue weighted by Crippen LogP contribution is -2.48. The quantitative estimate of drug-likeness (QED) is 0.389. The van der Waals surface area contributed by atoms with Gasteiger partial charge in [-0.1, -0.05) is 25.1 Å². The van der Waals surface area contributed by atoms with Gasteiger partial charge >= 0.3 is 0 Å². The summed E-state index contributed by atoms with van der Waals surface area (Å²) in [5.74, 6) is 2.78. The third-order valence-corrected chi connectivity index (χ3v) is 5.56. The molecule has 1 N–H and O–H groups in total. The SMILES string of the molecule is CCNC(=NCc1coc(-c2ccccc2)n1)N1CCSC(CC)C1.I. The lowest BCUT2D eigenvalue weighted by molar-refractivity contribution is 0.408. The molecular formula is C19H27IN4OS. The Balaban J connectivity index is 0.00000243. The number of guanidine groups is 1. The van der Waals surface area contributed by atoms with Crippen LogP contribution in [0.1, 0.15) is 26.0 Å². The van der Waals surface area contributed by atoms with E-state index in [4.69, 9.17) is 9.41 Å². The number of aromatic nitrogens is 1. The number of hydrogen-bond acceptors (Lipinski definition) is 4. The number of nitrogens with one attached hydrogen (secondary N) is 1. The van der Waals surface area contributed by atoms with Crippen LogP contribution in [0, 0.1) is 0 Å². The number of hydrogen-bond donors (Lipinski definition) is 1. The van der Waals surface area contributed by atoms with Crippen LogP contribution in [0.15, 0.2) is 46.0 Å². The van der Waals surface area contributed by atoms with Crippen molar-refractivity contribution in [2.45, 2.75) is 32.1 Å². The van der Waals surface area contributed by atoms with Gasteiger partial charge in [0.15, 0.2) is 5.96 Å². The molecular weight excluding hydrogens is 459 g/mol. The molecule has 1 aromatic heterocycles. The zero-order valence-corrected chi connectivity index (χ0v) is 18.5. The van der Waals surface area contributed by atoms with E-state index in [-0.39, 0.29) is 24.0 Å². The number of benzene rings is 1. The van der Waals surface area contributed by atoms with E-state index in [2.05, 4.69) is 40.8 Å². The van der Waals surface area contributed by atoms with Crippen molar-refractivity contribution in [2.75, 3.05) is 25.4 Å². The van der Waals surface area contributed by atoms with Crippen LogP contribution in [0.3, 0.4) is 0 Å². The third kappa shape index (κ3) is 5.64. The molecule has 0 amide bonds. The van der Waals surface area contributed by atoms with Crippen molar-refractivity contribution in [3.63, 3.8) is 0 Å². The summed E-state index contributed by atoms with van der Waals surface area (Å²) in [6.07, 6.45) is 2.90. The average Bonchev–Trinajstić information content (AvgIpc) is 3.15. The van der Waals surface area contributed by atoms with Crippen molar-refractivity contribution < 1.29 is 4.42 Å². The normalized spacial score (nSPS) is 17.7. The summed E-state index contributed by atoms with van der Waals surface area (Å²) in [6, 6.07) is 9.96. The smallest absolute Gasteiger partial charge is 0.226 e. The van der Waals surface area contributed by atoms with Gasteiger partial charge in [-0.05, 0) is 25.5 Å². The molecule has 0 aliphatic carbocycles. The molecule has 0 bridgehead atoms. The van der Waals surface area contributed by atoms with Crippen LogP contribution in [0.2, 0.25) is 0 Å². The Kier molecular flexibility index (Phi) is 8.77. The summed E-state index contributed by atoms with van der Waals surface area (Å²) in [6.45, 7) is 7.86. The molecule has 0 radical (unpaired) electrons. The van der Waals surface area contributed by atoms with Gasteiger partial charge < -0.3 is 14.6 Å². The summed E-state index contributed by atoms with van der Waals surface area (Å²) in [7, 11) is 0. The maximum atomic E-state index is 5.61. The lowest BCUT2D eigenvalue weighted by Gasteiger charge is -2.34. The predicted octanol–water partition coefficient (Wildman–Crippen LogP) is 4.25. The fourth-order valence-corrected chi connectivity index (χ4v) is 4.01. The lowest BCUT2D eigenvalue weighted by atomic mass is 10.2. The number of thioether (sulfide) groups is 1. The molecule has 142 valence electrons. The number of nitrogens with zero attached hydrogens (tertiary/aromatic N) is 3. The zero-order valence-electron chi connectivity index (χ0n) is 15.4. The summed E-state index contributed by atoms with van der Waals surface area (Å²) in [5, 5.41) is 4.10. The van der Waals surface area contributed by atoms with Crippen LogP contribution in [0.5, 0.6) is 0 Å². The molecule has 3 rings (SSSR count). The Morgan fingerprint density at radius 3 is 2.88 bits per heavy atom. The second kappa shape index (κ2) is 10.8. The highest BCUT2D eigenvalue weighted by Gasteiger charge is 2.21. The fraction of sp³-hybridized carbons (Fsp3) is 0.474. The van der Waals surface area contributed by atoms with E-state index in [1.807, 2.05) is 30.3 Å². The molecule has 5 nitrogen and oxygen atoms in total. The van der Waals surface area contributed by atoms with E-state index in [9.17, 15) is 0 Å². The van der Waals surface area contributed by atoms with Gasteiger partial charge in [-0.2, -0.15) is 11.8 Å². The van der Waals surface area contributed by atoms with Gasteiger partial charge in [0, 0.05) is 36.2 Å². The standard InChI is InChI=1S/C19H26N4OS.HI/c1-3-17-13-23(10-11-25-17)19(20-4-2)21-12-16-14-24-18(22-16)15-8-6-5-7-9-15;/h5-9,14,17H,3-4,10-13H2,1-2H3,(H,20,21);1H. The first-order chi connectivity index (χ1) is 12.3. The molecule has 2 heterocycles. The number of halogens is 1. The fourth-order valence-electron chi connectivity index (χ4n) is 2.83. The van der Waals surface area contributed by atoms with Crippen molar-refractivity contribution in [2.24, 2.45) is 4.99 Å². The second-order valence-corrected chi connectivity index (χ2v) is 7.44. The first kappa shape index (κ1) is 21.1. The predicted molar refractivity (Wildman–Crippen MR) is 120 cm³/mol. The first-order valence-electron chi connectivity index (χ1n) is 8.94. The molecule has 7 heteroatoms. The number of rotatable bonds is 5. The van der Waals surface area contributed by atoms with Crippen LogP contribution in [0.25, 0.3) is 11.5 Å². The van der Waals surface area contributed by atoms with Gasteiger partial charge in [0.25, 0.3) is 0 Å². The minimum atomic E-state index is 0. The molecule has 1 atom stereocenters. The molecule has 1 aliphatic rings. The highest BCUT2D eigenvalue weighted by molar-refractivity contribution is 14.0. The monoisotopic (exact) mass is 486 g/mol.